The molecule has 0 unspecified atom stereocenters. The van der Waals surface area contributed by atoms with Crippen molar-refractivity contribution in [3.05, 3.63) is 53.6 Å². The standard InChI is InChI=1S/C20H25N/c1-19(2)17-10-8-7-9-15(17)16-12-11-14(21(5)6)13-18(16)20(19,3)4/h7-13H,1-6H3. The lowest BCUT2D eigenvalue weighted by Crippen LogP contribution is -2.43. The summed E-state index contributed by atoms with van der Waals surface area (Å²) in [5.74, 6) is 0. The summed E-state index contributed by atoms with van der Waals surface area (Å²) in [6.45, 7) is 9.50. The maximum Gasteiger partial charge on any atom is 0.0364 e. The van der Waals surface area contributed by atoms with E-state index in [0.29, 0.717) is 0 Å². The molecule has 0 saturated carbocycles. The van der Waals surface area contributed by atoms with Crippen molar-refractivity contribution in [1.82, 2.24) is 0 Å². The number of benzene rings is 2. The monoisotopic (exact) mass is 279 g/mol. The summed E-state index contributed by atoms with van der Waals surface area (Å²) in [6, 6.07) is 15.8. The number of anilines is 1. The number of hydrogen-bond donors (Lipinski definition) is 0. The van der Waals surface area contributed by atoms with Gasteiger partial charge >= 0.3 is 0 Å². The van der Waals surface area contributed by atoms with Crippen molar-refractivity contribution in [2.75, 3.05) is 19.0 Å². The first-order chi connectivity index (χ1) is 9.76. The summed E-state index contributed by atoms with van der Waals surface area (Å²) in [4.78, 5) is 2.18. The van der Waals surface area contributed by atoms with E-state index in [1.165, 1.54) is 27.9 Å². The Morgan fingerprint density at radius 1 is 0.714 bits per heavy atom. The highest BCUT2D eigenvalue weighted by Gasteiger charge is 2.45. The summed E-state index contributed by atoms with van der Waals surface area (Å²) in [5.41, 5.74) is 7.18. The summed E-state index contributed by atoms with van der Waals surface area (Å²) in [7, 11) is 4.22. The molecule has 1 aliphatic carbocycles. The Balaban J connectivity index is 2.36. The Kier molecular flexibility index (Phi) is 2.95. The minimum Gasteiger partial charge on any atom is -0.378 e. The van der Waals surface area contributed by atoms with E-state index in [0.717, 1.165) is 0 Å². The number of rotatable bonds is 1. The van der Waals surface area contributed by atoms with Gasteiger partial charge in [0.15, 0.2) is 0 Å². The predicted molar refractivity (Wildman–Crippen MR) is 92.3 cm³/mol. The van der Waals surface area contributed by atoms with Crippen LogP contribution in [0.15, 0.2) is 42.5 Å². The zero-order valence-electron chi connectivity index (χ0n) is 14.0. The Bertz CT molecular complexity index is 693. The molecule has 0 amide bonds. The van der Waals surface area contributed by atoms with E-state index >= 15 is 0 Å². The summed E-state index contributed by atoms with van der Waals surface area (Å²) in [5, 5.41) is 0. The lowest BCUT2D eigenvalue weighted by Gasteiger charge is -2.48. The molecule has 0 bridgehead atoms. The van der Waals surface area contributed by atoms with Crippen molar-refractivity contribution in [2.24, 2.45) is 0 Å². The SMILES string of the molecule is CN(C)c1ccc2c(c1)C(C)(C)C(C)(C)c1ccccc1-2. The van der Waals surface area contributed by atoms with Gasteiger partial charge in [-0.2, -0.15) is 0 Å². The van der Waals surface area contributed by atoms with Crippen LogP contribution in [-0.4, -0.2) is 14.1 Å². The summed E-state index contributed by atoms with van der Waals surface area (Å²) >= 11 is 0. The van der Waals surface area contributed by atoms with Crippen LogP contribution in [0.5, 0.6) is 0 Å². The first kappa shape index (κ1) is 14.2. The first-order valence-electron chi connectivity index (χ1n) is 7.68. The van der Waals surface area contributed by atoms with E-state index in [2.05, 4.69) is 89.2 Å². The van der Waals surface area contributed by atoms with E-state index in [1.807, 2.05) is 0 Å². The second-order valence-corrected chi connectivity index (χ2v) is 7.42. The van der Waals surface area contributed by atoms with Gasteiger partial charge in [-0.25, -0.2) is 0 Å². The van der Waals surface area contributed by atoms with Gasteiger partial charge in [-0.15, -0.1) is 0 Å². The van der Waals surface area contributed by atoms with Crippen LogP contribution in [0.3, 0.4) is 0 Å². The van der Waals surface area contributed by atoms with Crippen molar-refractivity contribution in [2.45, 2.75) is 38.5 Å². The molecule has 2 aromatic carbocycles. The molecule has 0 spiro atoms. The number of fused-ring (bicyclic) bond motifs is 3. The van der Waals surface area contributed by atoms with Crippen LogP contribution in [0.4, 0.5) is 5.69 Å². The fourth-order valence-electron chi connectivity index (χ4n) is 3.50. The molecule has 1 nitrogen and oxygen atoms in total. The highest BCUT2D eigenvalue weighted by molar-refractivity contribution is 5.79. The van der Waals surface area contributed by atoms with Crippen LogP contribution in [0, 0.1) is 0 Å². The van der Waals surface area contributed by atoms with Crippen LogP contribution >= 0.6 is 0 Å². The summed E-state index contributed by atoms with van der Waals surface area (Å²) in [6.07, 6.45) is 0. The van der Waals surface area contributed by atoms with Gasteiger partial charge in [-0.3, -0.25) is 0 Å². The lowest BCUT2D eigenvalue weighted by molar-refractivity contribution is 0.299. The van der Waals surface area contributed by atoms with E-state index in [4.69, 9.17) is 0 Å². The Morgan fingerprint density at radius 3 is 1.95 bits per heavy atom. The molecule has 21 heavy (non-hydrogen) atoms. The van der Waals surface area contributed by atoms with Gasteiger partial charge < -0.3 is 4.90 Å². The lowest BCUT2D eigenvalue weighted by atomic mass is 9.55. The molecule has 110 valence electrons. The van der Waals surface area contributed by atoms with Crippen molar-refractivity contribution in [1.29, 1.82) is 0 Å². The fraction of sp³-hybridized carbons (Fsp3) is 0.400. The molecule has 1 aliphatic rings. The molecule has 0 aromatic heterocycles. The minimum atomic E-state index is 0.0999. The van der Waals surface area contributed by atoms with Crippen LogP contribution in [-0.2, 0) is 10.8 Å². The number of nitrogens with zero attached hydrogens (tertiary/aromatic N) is 1. The second-order valence-electron chi connectivity index (χ2n) is 7.42. The third-order valence-corrected chi connectivity index (χ3v) is 5.65. The normalized spacial score (nSPS) is 17.8. The quantitative estimate of drug-likeness (QED) is 0.711. The molecule has 0 atom stereocenters. The second kappa shape index (κ2) is 4.37. The van der Waals surface area contributed by atoms with Gasteiger partial charge in [0.2, 0.25) is 0 Å². The molecule has 2 aromatic rings. The largest absolute Gasteiger partial charge is 0.378 e. The van der Waals surface area contributed by atoms with Crippen LogP contribution in [0.1, 0.15) is 38.8 Å². The maximum atomic E-state index is 2.38. The van der Waals surface area contributed by atoms with Gasteiger partial charge in [-0.05, 0) is 45.2 Å². The van der Waals surface area contributed by atoms with Crippen molar-refractivity contribution in [3.63, 3.8) is 0 Å². The third-order valence-electron chi connectivity index (χ3n) is 5.65. The van der Waals surface area contributed by atoms with Crippen LogP contribution < -0.4 is 4.90 Å². The van der Waals surface area contributed by atoms with E-state index in [-0.39, 0.29) is 10.8 Å². The number of hydrogen-bond acceptors (Lipinski definition) is 1. The van der Waals surface area contributed by atoms with Gasteiger partial charge in [0, 0.05) is 19.8 Å². The molecule has 1 heteroatoms. The molecule has 0 N–H and O–H groups in total. The summed E-state index contributed by atoms with van der Waals surface area (Å²) < 4.78 is 0. The minimum absolute atomic E-state index is 0.0999. The Morgan fingerprint density at radius 2 is 1.29 bits per heavy atom. The molecule has 0 fully saturated rings. The first-order valence-corrected chi connectivity index (χ1v) is 7.68. The van der Waals surface area contributed by atoms with E-state index in [9.17, 15) is 0 Å². The van der Waals surface area contributed by atoms with Crippen LogP contribution in [0.25, 0.3) is 11.1 Å². The molecular formula is C20H25N. The van der Waals surface area contributed by atoms with Gasteiger partial charge in [0.25, 0.3) is 0 Å². The smallest absolute Gasteiger partial charge is 0.0364 e. The molecule has 0 saturated heterocycles. The highest BCUT2D eigenvalue weighted by Crippen LogP contribution is 2.54. The van der Waals surface area contributed by atoms with Gasteiger partial charge in [0.1, 0.15) is 0 Å². The molecule has 0 heterocycles. The average molecular weight is 279 g/mol. The Hall–Kier alpha value is -1.76. The molecule has 3 rings (SSSR count). The van der Waals surface area contributed by atoms with Crippen molar-refractivity contribution in [3.8, 4) is 11.1 Å². The van der Waals surface area contributed by atoms with E-state index in [1.54, 1.807) is 0 Å². The van der Waals surface area contributed by atoms with Crippen LogP contribution in [0.2, 0.25) is 0 Å². The highest BCUT2D eigenvalue weighted by atomic mass is 15.1. The zero-order chi connectivity index (χ0) is 15.4. The maximum absolute atomic E-state index is 2.38. The average Bonchev–Trinajstić information content (AvgIpc) is 2.45. The van der Waals surface area contributed by atoms with Crippen molar-refractivity contribution < 1.29 is 0 Å². The molecular weight excluding hydrogens is 254 g/mol. The predicted octanol–water partition coefficient (Wildman–Crippen LogP) is 4.99. The molecule has 0 radical (unpaired) electrons. The van der Waals surface area contributed by atoms with Gasteiger partial charge in [0.05, 0.1) is 0 Å². The third kappa shape index (κ3) is 1.83. The van der Waals surface area contributed by atoms with Crippen molar-refractivity contribution >= 4 is 5.69 Å². The zero-order valence-corrected chi connectivity index (χ0v) is 14.0. The van der Waals surface area contributed by atoms with Gasteiger partial charge in [-0.1, -0.05) is 58.0 Å². The van der Waals surface area contributed by atoms with E-state index < -0.39 is 0 Å². The fourth-order valence-corrected chi connectivity index (χ4v) is 3.50. The topological polar surface area (TPSA) is 3.24 Å². The Labute approximate surface area is 128 Å². The molecule has 0 aliphatic heterocycles.